The molecule has 0 saturated heterocycles. The molecule has 0 fully saturated rings. The van der Waals surface area contributed by atoms with Gasteiger partial charge in [-0.3, -0.25) is 0 Å². The van der Waals surface area contributed by atoms with E-state index in [1.54, 1.807) is 0 Å². The number of aromatic carboxylic acids is 1. The summed E-state index contributed by atoms with van der Waals surface area (Å²) in [4.78, 5) is 11.0. The molecule has 2 rings (SSSR count). The molecule has 0 aliphatic carbocycles. The van der Waals surface area contributed by atoms with E-state index < -0.39 is 5.97 Å². The number of halogens is 2. The van der Waals surface area contributed by atoms with Gasteiger partial charge in [0.25, 0.3) is 0 Å². The Morgan fingerprint density at radius 3 is 2.64 bits per heavy atom. The van der Waals surface area contributed by atoms with Crippen molar-refractivity contribution >= 4 is 72.6 Å². The molecule has 1 aromatic heterocycles. The van der Waals surface area contributed by atoms with Crippen molar-refractivity contribution in [1.29, 1.82) is 0 Å². The van der Waals surface area contributed by atoms with Crippen molar-refractivity contribution in [2.75, 3.05) is 0 Å². The lowest BCUT2D eigenvalue weighted by Gasteiger charge is -2.00. The third kappa shape index (κ3) is 1.65. The van der Waals surface area contributed by atoms with Gasteiger partial charge in [-0.2, -0.15) is 0 Å². The smallest absolute Gasteiger partial charge is 0.338 e. The van der Waals surface area contributed by atoms with Gasteiger partial charge >= 0.3 is 5.97 Å². The van der Waals surface area contributed by atoms with Crippen molar-refractivity contribution in [2.45, 2.75) is 0 Å². The summed E-state index contributed by atoms with van der Waals surface area (Å²) >= 11 is 5.77. The average Bonchev–Trinajstić information content (AvgIpc) is 2.47. The van der Waals surface area contributed by atoms with Crippen molar-refractivity contribution in [1.82, 2.24) is 0 Å². The molecule has 2 aromatic rings. The van der Waals surface area contributed by atoms with E-state index in [1.165, 1.54) is 11.3 Å². The SMILES string of the molecule is O=C(O)c1c(I)ccc2c(I)csc12. The second-order valence-corrected chi connectivity index (χ2v) is 5.89. The highest BCUT2D eigenvalue weighted by Gasteiger charge is 2.15. The van der Waals surface area contributed by atoms with Crippen LogP contribution in [-0.2, 0) is 0 Å². The first kappa shape index (κ1) is 10.6. The third-order valence-electron chi connectivity index (χ3n) is 1.86. The highest BCUT2D eigenvalue weighted by Crippen LogP contribution is 2.32. The zero-order valence-electron chi connectivity index (χ0n) is 6.75. The molecule has 0 spiro atoms. The molecule has 0 aliphatic heterocycles. The van der Waals surface area contributed by atoms with E-state index in [9.17, 15) is 4.79 Å². The highest BCUT2D eigenvalue weighted by atomic mass is 127. The molecule has 0 saturated carbocycles. The first-order valence-corrected chi connectivity index (χ1v) is 6.73. The highest BCUT2D eigenvalue weighted by molar-refractivity contribution is 14.1. The Morgan fingerprint density at radius 2 is 2.00 bits per heavy atom. The number of carbonyl (C=O) groups is 1. The van der Waals surface area contributed by atoms with E-state index in [2.05, 4.69) is 45.2 Å². The molecule has 0 amide bonds. The summed E-state index contributed by atoms with van der Waals surface area (Å²) in [6, 6.07) is 3.82. The molecule has 72 valence electrons. The van der Waals surface area contributed by atoms with Crippen LogP contribution in [0.4, 0.5) is 0 Å². The Kier molecular flexibility index (Phi) is 2.98. The molecule has 14 heavy (non-hydrogen) atoms. The summed E-state index contributed by atoms with van der Waals surface area (Å²) in [5.41, 5.74) is 0.427. The molecule has 0 atom stereocenters. The molecule has 1 N–H and O–H groups in total. The molecule has 0 bridgehead atoms. The maximum atomic E-state index is 11.0. The third-order valence-corrected chi connectivity index (χ3v) is 5.09. The van der Waals surface area contributed by atoms with Crippen LogP contribution in [0.3, 0.4) is 0 Å². The van der Waals surface area contributed by atoms with Gasteiger partial charge in [-0.1, -0.05) is 6.07 Å². The number of benzene rings is 1. The van der Waals surface area contributed by atoms with Gasteiger partial charge in [0.05, 0.1) is 10.3 Å². The quantitative estimate of drug-likeness (QED) is 0.700. The van der Waals surface area contributed by atoms with E-state index in [1.807, 2.05) is 17.5 Å². The first-order valence-electron chi connectivity index (χ1n) is 3.69. The Balaban J connectivity index is 2.90. The van der Waals surface area contributed by atoms with Gasteiger partial charge < -0.3 is 5.11 Å². The topological polar surface area (TPSA) is 37.3 Å². The molecule has 1 heterocycles. The first-order chi connectivity index (χ1) is 6.61. The van der Waals surface area contributed by atoms with Crippen molar-refractivity contribution in [3.63, 3.8) is 0 Å². The summed E-state index contributed by atoms with van der Waals surface area (Å²) < 4.78 is 2.77. The standard InChI is InChI=1S/C9H4I2O2S/c10-5-2-1-4-6(11)3-14-8(4)7(5)9(12)13/h1-3H,(H,12,13). The predicted octanol–water partition coefficient (Wildman–Crippen LogP) is 3.81. The monoisotopic (exact) mass is 430 g/mol. The van der Waals surface area contributed by atoms with Crippen LogP contribution in [-0.4, -0.2) is 11.1 Å². The van der Waals surface area contributed by atoms with Crippen LogP contribution in [0.5, 0.6) is 0 Å². The van der Waals surface area contributed by atoms with Crippen LogP contribution in [0.15, 0.2) is 17.5 Å². The maximum absolute atomic E-state index is 11.0. The number of rotatable bonds is 1. The fraction of sp³-hybridized carbons (Fsp3) is 0. The van der Waals surface area contributed by atoms with Crippen LogP contribution in [0.25, 0.3) is 10.1 Å². The number of fused-ring (bicyclic) bond motifs is 1. The van der Waals surface area contributed by atoms with Crippen LogP contribution < -0.4 is 0 Å². The largest absolute Gasteiger partial charge is 0.478 e. The minimum atomic E-state index is -0.849. The minimum Gasteiger partial charge on any atom is -0.478 e. The predicted molar refractivity (Wildman–Crippen MR) is 74.2 cm³/mol. The fourth-order valence-electron chi connectivity index (χ4n) is 1.24. The van der Waals surface area contributed by atoms with Crippen molar-refractivity contribution in [3.8, 4) is 0 Å². The van der Waals surface area contributed by atoms with Crippen molar-refractivity contribution < 1.29 is 9.90 Å². The van der Waals surface area contributed by atoms with Gasteiger partial charge in [0.2, 0.25) is 0 Å². The molecule has 0 aliphatic rings. The lowest BCUT2D eigenvalue weighted by atomic mass is 10.2. The summed E-state index contributed by atoms with van der Waals surface area (Å²) in [6.45, 7) is 0. The van der Waals surface area contributed by atoms with E-state index in [0.29, 0.717) is 5.56 Å². The van der Waals surface area contributed by atoms with Gasteiger partial charge in [-0.15, -0.1) is 11.3 Å². The number of hydrogen-bond donors (Lipinski definition) is 1. The number of carboxylic acid groups (broad SMARTS) is 1. The zero-order chi connectivity index (χ0) is 10.3. The lowest BCUT2D eigenvalue weighted by molar-refractivity contribution is 0.0698. The Bertz CT molecular complexity index is 519. The maximum Gasteiger partial charge on any atom is 0.338 e. The van der Waals surface area contributed by atoms with Crippen LogP contribution in [0, 0.1) is 7.14 Å². The van der Waals surface area contributed by atoms with E-state index >= 15 is 0 Å². The summed E-state index contributed by atoms with van der Waals surface area (Å²) in [5.74, 6) is -0.849. The van der Waals surface area contributed by atoms with Gasteiger partial charge in [0.1, 0.15) is 0 Å². The van der Waals surface area contributed by atoms with E-state index in [-0.39, 0.29) is 0 Å². The van der Waals surface area contributed by atoms with Crippen LogP contribution in [0.2, 0.25) is 0 Å². The van der Waals surface area contributed by atoms with Crippen LogP contribution >= 0.6 is 56.5 Å². The Labute approximate surface area is 112 Å². The van der Waals surface area contributed by atoms with Gasteiger partial charge in [0.15, 0.2) is 0 Å². The molecular formula is C9H4I2O2S. The second kappa shape index (κ2) is 3.93. The summed E-state index contributed by atoms with van der Waals surface area (Å²) in [7, 11) is 0. The summed E-state index contributed by atoms with van der Waals surface area (Å²) in [6.07, 6.45) is 0. The van der Waals surface area contributed by atoms with E-state index in [4.69, 9.17) is 5.11 Å². The van der Waals surface area contributed by atoms with Gasteiger partial charge in [-0.05, 0) is 51.2 Å². The fourth-order valence-corrected chi connectivity index (χ4v) is 4.09. The van der Waals surface area contributed by atoms with Crippen molar-refractivity contribution in [3.05, 3.63) is 30.2 Å². The molecule has 0 unspecified atom stereocenters. The molecule has 2 nitrogen and oxygen atoms in total. The molecule has 5 heteroatoms. The number of thiophene rings is 1. The second-order valence-electron chi connectivity index (χ2n) is 2.69. The van der Waals surface area contributed by atoms with Crippen LogP contribution in [0.1, 0.15) is 10.4 Å². The molecule has 1 aromatic carbocycles. The van der Waals surface area contributed by atoms with Gasteiger partial charge in [-0.25, -0.2) is 4.79 Å². The lowest BCUT2D eigenvalue weighted by Crippen LogP contribution is -1.99. The number of carboxylic acids is 1. The number of hydrogen-bond acceptors (Lipinski definition) is 2. The van der Waals surface area contributed by atoms with Gasteiger partial charge in [0, 0.05) is 17.9 Å². The minimum absolute atomic E-state index is 0.427. The Hall–Kier alpha value is 0.110. The normalized spacial score (nSPS) is 10.7. The molecule has 0 radical (unpaired) electrons. The zero-order valence-corrected chi connectivity index (χ0v) is 11.9. The van der Waals surface area contributed by atoms with E-state index in [0.717, 1.165) is 17.2 Å². The Morgan fingerprint density at radius 1 is 1.29 bits per heavy atom. The van der Waals surface area contributed by atoms with Crippen molar-refractivity contribution in [2.24, 2.45) is 0 Å². The summed E-state index contributed by atoms with van der Waals surface area (Å²) in [5, 5.41) is 12.1. The molecular weight excluding hydrogens is 426 g/mol. The average molecular weight is 430 g/mol.